The van der Waals surface area contributed by atoms with Gasteiger partial charge in [0.15, 0.2) is 5.84 Å². The van der Waals surface area contributed by atoms with Crippen molar-refractivity contribution in [1.29, 1.82) is 5.41 Å². The highest BCUT2D eigenvalue weighted by Crippen LogP contribution is 2.33. The van der Waals surface area contributed by atoms with Gasteiger partial charge < -0.3 is 20.5 Å². The minimum atomic E-state index is -2.96. The van der Waals surface area contributed by atoms with Crippen LogP contribution in [0.2, 0.25) is 0 Å². The molecule has 202 valence electrons. The van der Waals surface area contributed by atoms with Gasteiger partial charge in [0, 0.05) is 74.7 Å². The molecule has 1 aliphatic heterocycles. The van der Waals surface area contributed by atoms with E-state index in [9.17, 15) is 13.2 Å². The van der Waals surface area contributed by atoms with Crippen LogP contribution in [0.5, 0.6) is 0 Å². The molecule has 1 fully saturated rings. The fourth-order valence-electron chi connectivity index (χ4n) is 4.60. The summed E-state index contributed by atoms with van der Waals surface area (Å²) in [6.45, 7) is 2.25. The number of halogens is 3. The highest BCUT2D eigenvalue weighted by atomic mass is 19.3. The number of hydrogen-bond donors (Lipinski definition) is 3. The quantitative estimate of drug-likeness (QED) is 0.246. The molecular formula is C26H27F3N10. The third kappa shape index (κ3) is 5.12. The summed E-state index contributed by atoms with van der Waals surface area (Å²) in [5, 5.41) is 11.8. The summed E-state index contributed by atoms with van der Waals surface area (Å²) in [5.41, 5.74) is 6.75. The van der Waals surface area contributed by atoms with Crippen LogP contribution < -0.4 is 10.6 Å². The number of nitrogens with two attached hydrogens (primary N) is 1. The molecule has 0 aliphatic carbocycles. The van der Waals surface area contributed by atoms with Crippen LogP contribution in [-0.2, 0) is 12.6 Å². The molecule has 0 unspecified atom stereocenters. The third-order valence-corrected chi connectivity index (χ3v) is 6.79. The molecule has 39 heavy (non-hydrogen) atoms. The lowest BCUT2D eigenvalue weighted by atomic mass is 9.85. The van der Waals surface area contributed by atoms with Crippen LogP contribution in [0.4, 0.5) is 19.1 Å². The summed E-state index contributed by atoms with van der Waals surface area (Å²) in [6, 6.07) is 6.64. The van der Waals surface area contributed by atoms with E-state index in [0.717, 1.165) is 35.3 Å². The minimum absolute atomic E-state index is 0.0306. The summed E-state index contributed by atoms with van der Waals surface area (Å²) >= 11 is 0. The van der Waals surface area contributed by atoms with Crippen LogP contribution in [0.25, 0.3) is 11.1 Å². The number of alkyl halides is 2. The topological polar surface area (TPSA) is 128 Å². The maximum atomic E-state index is 14.1. The van der Waals surface area contributed by atoms with Crippen molar-refractivity contribution in [1.82, 2.24) is 29.6 Å². The predicted octanol–water partition coefficient (Wildman–Crippen LogP) is 2.99. The van der Waals surface area contributed by atoms with E-state index < -0.39 is 17.8 Å². The van der Waals surface area contributed by atoms with Gasteiger partial charge in [-0.05, 0) is 23.8 Å². The van der Waals surface area contributed by atoms with Gasteiger partial charge >= 0.3 is 0 Å². The number of nitrogens with one attached hydrogen (secondary N) is 2. The fourth-order valence-corrected chi connectivity index (χ4v) is 4.60. The lowest BCUT2D eigenvalue weighted by molar-refractivity contribution is 0.0738. The molecule has 1 saturated heterocycles. The van der Waals surface area contributed by atoms with Gasteiger partial charge in [0.1, 0.15) is 17.7 Å². The minimum Gasteiger partial charge on any atom is -0.358 e. The van der Waals surface area contributed by atoms with Gasteiger partial charge in [0.05, 0.1) is 11.9 Å². The first-order chi connectivity index (χ1) is 18.8. The number of amidine groups is 1. The molecule has 0 radical (unpaired) electrons. The van der Waals surface area contributed by atoms with E-state index in [-0.39, 0.29) is 11.1 Å². The van der Waals surface area contributed by atoms with Crippen molar-refractivity contribution in [3.05, 3.63) is 84.0 Å². The zero-order valence-electron chi connectivity index (χ0n) is 21.1. The Kier molecular flexibility index (Phi) is 7.15. The molecule has 1 atom stereocenters. The van der Waals surface area contributed by atoms with Crippen molar-refractivity contribution in [3.63, 3.8) is 0 Å². The van der Waals surface area contributed by atoms with E-state index in [4.69, 9.17) is 11.1 Å². The van der Waals surface area contributed by atoms with Gasteiger partial charge in [-0.1, -0.05) is 12.1 Å². The molecule has 4 aromatic rings. The lowest BCUT2D eigenvalue weighted by Gasteiger charge is -2.36. The van der Waals surface area contributed by atoms with Gasteiger partial charge in [-0.2, -0.15) is 5.10 Å². The normalized spacial score (nSPS) is 16.0. The number of hydrogen-bond acceptors (Lipinski definition) is 6. The molecule has 4 heterocycles. The van der Waals surface area contributed by atoms with Gasteiger partial charge in [-0.3, -0.25) is 10.1 Å². The average molecular weight is 537 g/mol. The molecule has 0 bridgehead atoms. The van der Waals surface area contributed by atoms with Crippen molar-refractivity contribution in [3.8, 4) is 11.1 Å². The highest BCUT2D eigenvalue weighted by molar-refractivity contribution is 6.01. The number of piperazine rings is 1. The number of aromatic amines is 1. The maximum Gasteiger partial charge on any atom is 0.264 e. The van der Waals surface area contributed by atoms with E-state index in [1.807, 2.05) is 30.4 Å². The second-order valence-electron chi connectivity index (χ2n) is 9.21. The SMILES string of the molecule is Cn1cc(-c2c[nH]c(/C(=N\C=N)N3CCN(c4ncc([C@@](N)(c5ccc(F)cc5)C(F)F)cn4)CC3)c2)cn1. The van der Waals surface area contributed by atoms with Crippen LogP contribution in [0.15, 0.2) is 66.3 Å². The smallest absolute Gasteiger partial charge is 0.264 e. The Morgan fingerprint density at radius 1 is 1.08 bits per heavy atom. The molecule has 1 aromatic carbocycles. The van der Waals surface area contributed by atoms with E-state index in [0.29, 0.717) is 38.0 Å². The number of rotatable bonds is 7. The monoisotopic (exact) mass is 536 g/mol. The first-order valence-electron chi connectivity index (χ1n) is 12.2. The van der Waals surface area contributed by atoms with Crippen LogP contribution >= 0.6 is 0 Å². The second kappa shape index (κ2) is 10.7. The van der Waals surface area contributed by atoms with Crippen LogP contribution in [0.3, 0.4) is 0 Å². The highest BCUT2D eigenvalue weighted by Gasteiger charge is 2.40. The number of anilines is 1. The molecule has 0 spiro atoms. The Morgan fingerprint density at radius 3 is 2.36 bits per heavy atom. The number of benzene rings is 1. The van der Waals surface area contributed by atoms with Crippen molar-refractivity contribution < 1.29 is 13.2 Å². The molecule has 3 aromatic heterocycles. The van der Waals surface area contributed by atoms with Crippen LogP contribution in [-0.4, -0.2) is 74.4 Å². The first-order valence-corrected chi connectivity index (χ1v) is 12.2. The standard InChI is InChI=1S/C26H27F3N10/c1-37-15-18(12-36-37)17-10-22(32-11-17)23(35-16-30)38-6-8-39(9-7-38)25-33-13-20(14-34-25)26(31,24(28)29)19-2-4-21(27)5-3-19/h2-5,10-16,24,30,32H,6-9,31H2,1H3/b30-16?,35-23+/t26-/m0/s1. The Balaban J connectivity index is 1.29. The molecule has 4 N–H and O–H groups in total. The number of aromatic nitrogens is 5. The van der Waals surface area contributed by atoms with Gasteiger partial charge in [0.2, 0.25) is 5.95 Å². The second-order valence-corrected chi connectivity index (χ2v) is 9.21. The third-order valence-electron chi connectivity index (χ3n) is 6.79. The Morgan fingerprint density at radius 2 is 1.77 bits per heavy atom. The summed E-state index contributed by atoms with van der Waals surface area (Å²) < 4.78 is 43.3. The van der Waals surface area contributed by atoms with Crippen molar-refractivity contribution in [2.75, 3.05) is 31.1 Å². The van der Waals surface area contributed by atoms with Gasteiger partial charge in [0.25, 0.3) is 6.43 Å². The zero-order valence-corrected chi connectivity index (χ0v) is 21.1. The molecule has 1 aliphatic rings. The summed E-state index contributed by atoms with van der Waals surface area (Å²) in [7, 11) is 1.85. The summed E-state index contributed by atoms with van der Waals surface area (Å²) in [4.78, 5) is 20.2. The average Bonchev–Trinajstić information content (AvgIpc) is 3.61. The Labute approximate surface area is 222 Å². The zero-order chi connectivity index (χ0) is 27.6. The molecule has 10 nitrogen and oxygen atoms in total. The van der Waals surface area contributed by atoms with E-state index in [1.54, 1.807) is 10.9 Å². The Bertz CT molecular complexity index is 1450. The van der Waals surface area contributed by atoms with E-state index >= 15 is 0 Å². The van der Waals surface area contributed by atoms with Gasteiger partial charge in [-0.15, -0.1) is 0 Å². The summed E-state index contributed by atoms with van der Waals surface area (Å²) in [5.74, 6) is 0.485. The molecule has 0 amide bonds. The molecular weight excluding hydrogens is 509 g/mol. The lowest BCUT2D eigenvalue weighted by Crippen LogP contribution is -2.50. The van der Waals surface area contributed by atoms with Crippen LogP contribution in [0, 0.1) is 11.2 Å². The van der Waals surface area contributed by atoms with Crippen LogP contribution in [0.1, 0.15) is 16.8 Å². The van der Waals surface area contributed by atoms with E-state index in [2.05, 4.69) is 29.9 Å². The predicted molar refractivity (Wildman–Crippen MR) is 142 cm³/mol. The largest absolute Gasteiger partial charge is 0.358 e. The number of aryl methyl sites for hydroxylation is 1. The molecule has 0 saturated carbocycles. The molecule has 5 rings (SSSR count). The first kappa shape index (κ1) is 26.1. The number of aliphatic imine (C=N–C) groups is 1. The van der Waals surface area contributed by atoms with E-state index in [1.165, 1.54) is 24.5 Å². The maximum absolute atomic E-state index is 14.1. The number of H-pyrrole nitrogens is 1. The molecule has 13 heteroatoms. The van der Waals surface area contributed by atoms with Crippen molar-refractivity contribution in [2.45, 2.75) is 12.0 Å². The summed E-state index contributed by atoms with van der Waals surface area (Å²) in [6.07, 6.45) is 6.22. The van der Waals surface area contributed by atoms with Crippen molar-refractivity contribution >= 4 is 18.1 Å². The van der Waals surface area contributed by atoms with Crippen molar-refractivity contribution in [2.24, 2.45) is 17.8 Å². The van der Waals surface area contributed by atoms with Gasteiger partial charge in [-0.25, -0.2) is 28.1 Å². The number of nitrogens with zero attached hydrogens (tertiary/aromatic N) is 7. The Hall–Kier alpha value is -4.52. The fraction of sp³-hybridized carbons (Fsp3) is 0.269.